The zero-order chi connectivity index (χ0) is 18.6. The van der Waals surface area contributed by atoms with Crippen molar-refractivity contribution in [3.63, 3.8) is 0 Å². The van der Waals surface area contributed by atoms with Gasteiger partial charge >= 0.3 is 0 Å². The zero-order valence-corrected chi connectivity index (χ0v) is 15.4. The monoisotopic (exact) mass is 397 g/mol. The summed E-state index contributed by atoms with van der Waals surface area (Å²) < 4.78 is 36.0. The fourth-order valence-corrected chi connectivity index (χ4v) is 4.17. The lowest BCUT2D eigenvalue weighted by molar-refractivity contribution is 0.0692. The first-order valence-electron chi connectivity index (χ1n) is 7.79. The van der Waals surface area contributed by atoms with Gasteiger partial charge in [0.2, 0.25) is 0 Å². The lowest BCUT2D eigenvalue weighted by Gasteiger charge is -2.25. The first kappa shape index (κ1) is 17.2. The van der Waals surface area contributed by atoms with Crippen molar-refractivity contribution in [2.45, 2.75) is 31.9 Å². The van der Waals surface area contributed by atoms with Gasteiger partial charge in [0.15, 0.2) is 39.8 Å². The molecule has 0 bridgehead atoms. The molecule has 0 amide bonds. The Morgan fingerprint density at radius 1 is 1.35 bits per heavy atom. The van der Waals surface area contributed by atoms with Crippen LogP contribution in [0.1, 0.15) is 32.1 Å². The Labute approximate surface area is 156 Å². The van der Waals surface area contributed by atoms with Crippen LogP contribution >= 0.6 is 22.9 Å². The van der Waals surface area contributed by atoms with Gasteiger partial charge in [0.05, 0.1) is 11.1 Å². The van der Waals surface area contributed by atoms with Crippen LogP contribution < -0.4 is 10.5 Å². The number of rotatable bonds is 3. The van der Waals surface area contributed by atoms with Crippen LogP contribution in [0.2, 0.25) is 5.02 Å². The average molecular weight is 398 g/mol. The van der Waals surface area contributed by atoms with E-state index in [2.05, 4.69) is 15.2 Å². The summed E-state index contributed by atoms with van der Waals surface area (Å²) in [7, 11) is 0. The minimum atomic E-state index is -1.05. The minimum absolute atomic E-state index is 0.0365. The van der Waals surface area contributed by atoms with Crippen molar-refractivity contribution >= 4 is 28.1 Å². The third-order valence-corrected chi connectivity index (χ3v) is 5.37. The second kappa shape index (κ2) is 5.88. The Morgan fingerprint density at radius 3 is 2.65 bits per heavy atom. The average Bonchev–Trinajstić information content (AvgIpc) is 3.21. The van der Waals surface area contributed by atoms with E-state index < -0.39 is 23.0 Å². The van der Waals surface area contributed by atoms with Crippen molar-refractivity contribution in [3.05, 3.63) is 40.8 Å². The minimum Gasteiger partial charge on any atom is -0.473 e. The van der Waals surface area contributed by atoms with E-state index in [1.165, 1.54) is 11.3 Å². The summed E-state index contributed by atoms with van der Waals surface area (Å²) in [4.78, 5) is 4.80. The number of anilines is 1. The number of nitrogens with two attached hydrogens (primary N) is 1. The zero-order valence-electron chi connectivity index (χ0n) is 13.8. The van der Waals surface area contributed by atoms with Crippen LogP contribution in [0.15, 0.2) is 18.3 Å². The van der Waals surface area contributed by atoms with Gasteiger partial charge in [-0.2, -0.15) is 0 Å². The van der Waals surface area contributed by atoms with E-state index in [9.17, 15) is 8.78 Å². The van der Waals surface area contributed by atoms with Crippen molar-refractivity contribution in [3.8, 4) is 16.5 Å². The van der Waals surface area contributed by atoms with Gasteiger partial charge in [0.1, 0.15) is 0 Å². The highest BCUT2D eigenvalue weighted by Gasteiger charge is 2.46. The standard InChI is InChI=1S/C16H14ClF2N5OS/c1-7-5-16(2,25-12-9(18)3-8(17)4-10(12)19)14-23-22-13(24(7)14)11-6-21-15(20)26-11/h3-4,6-7H,5H2,1-2H3,(H2,20,21). The maximum Gasteiger partial charge on any atom is 0.192 e. The molecule has 6 nitrogen and oxygen atoms in total. The lowest BCUT2D eigenvalue weighted by atomic mass is 10.0. The summed E-state index contributed by atoms with van der Waals surface area (Å²) in [5, 5.41) is 8.81. The van der Waals surface area contributed by atoms with E-state index in [0.29, 0.717) is 23.2 Å². The van der Waals surface area contributed by atoms with Gasteiger partial charge in [-0.05, 0) is 26.0 Å². The van der Waals surface area contributed by atoms with Crippen molar-refractivity contribution < 1.29 is 13.5 Å². The highest BCUT2D eigenvalue weighted by Crippen LogP contribution is 2.45. The molecular formula is C16H14ClF2N5OS. The smallest absolute Gasteiger partial charge is 0.192 e. The molecule has 26 heavy (non-hydrogen) atoms. The lowest BCUT2D eigenvalue weighted by Crippen LogP contribution is -2.28. The Morgan fingerprint density at radius 2 is 2.04 bits per heavy atom. The number of benzene rings is 1. The van der Waals surface area contributed by atoms with E-state index >= 15 is 0 Å². The van der Waals surface area contributed by atoms with E-state index in [-0.39, 0.29) is 11.1 Å². The third-order valence-electron chi connectivity index (χ3n) is 4.33. The molecule has 0 spiro atoms. The second-order valence-corrected chi connectivity index (χ2v) is 7.86. The van der Waals surface area contributed by atoms with Crippen LogP contribution in [0.5, 0.6) is 5.75 Å². The number of nitrogen functional groups attached to an aromatic ring is 1. The summed E-state index contributed by atoms with van der Waals surface area (Å²) in [6.45, 7) is 3.69. The molecule has 2 N–H and O–H groups in total. The SMILES string of the molecule is CC1CC(C)(Oc2c(F)cc(Cl)cc2F)c2nnc(-c3cnc(N)s3)n21. The number of hydrogen-bond donors (Lipinski definition) is 1. The molecule has 2 atom stereocenters. The van der Waals surface area contributed by atoms with Gasteiger partial charge in [-0.3, -0.25) is 0 Å². The molecule has 0 aliphatic carbocycles. The maximum absolute atomic E-state index is 14.2. The fourth-order valence-electron chi connectivity index (χ4n) is 3.31. The van der Waals surface area contributed by atoms with E-state index in [0.717, 1.165) is 17.0 Å². The predicted molar refractivity (Wildman–Crippen MR) is 94.2 cm³/mol. The molecule has 3 aromatic rings. The molecule has 0 saturated heterocycles. The van der Waals surface area contributed by atoms with Crippen LogP contribution in [0.25, 0.3) is 10.7 Å². The fraction of sp³-hybridized carbons (Fsp3) is 0.312. The van der Waals surface area contributed by atoms with Crippen LogP contribution in [-0.4, -0.2) is 19.7 Å². The summed E-state index contributed by atoms with van der Waals surface area (Å²) in [6.07, 6.45) is 2.10. The van der Waals surface area contributed by atoms with Gasteiger partial charge in [-0.15, -0.1) is 10.2 Å². The first-order valence-corrected chi connectivity index (χ1v) is 8.98. The molecule has 2 unspecified atom stereocenters. The quantitative estimate of drug-likeness (QED) is 0.717. The molecule has 10 heteroatoms. The number of nitrogens with zero attached hydrogens (tertiary/aromatic N) is 4. The van der Waals surface area contributed by atoms with Gasteiger partial charge < -0.3 is 15.0 Å². The van der Waals surface area contributed by atoms with E-state index in [1.807, 2.05) is 11.5 Å². The Hall–Kier alpha value is -2.26. The summed E-state index contributed by atoms with van der Waals surface area (Å²) in [5.74, 6) is -1.12. The molecule has 4 rings (SSSR count). The number of hydrogen-bond acceptors (Lipinski definition) is 6. The molecule has 0 radical (unpaired) electrons. The summed E-state index contributed by atoms with van der Waals surface area (Å²) in [6, 6.07) is 1.98. The van der Waals surface area contributed by atoms with Gasteiger partial charge in [-0.1, -0.05) is 22.9 Å². The first-order chi connectivity index (χ1) is 12.3. The topological polar surface area (TPSA) is 78.8 Å². The highest BCUT2D eigenvalue weighted by atomic mass is 35.5. The predicted octanol–water partition coefficient (Wildman–Crippen LogP) is 4.17. The Balaban J connectivity index is 1.76. The number of fused-ring (bicyclic) bond motifs is 1. The van der Waals surface area contributed by atoms with Crippen LogP contribution in [0.4, 0.5) is 13.9 Å². The van der Waals surface area contributed by atoms with E-state index in [4.69, 9.17) is 22.1 Å². The number of ether oxygens (including phenoxy) is 1. The summed E-state index contributed by atoms with van der Waals surface area (Å²) >= 11 is 6.97. The van der Waals surface area contributed by atoms with Gasteiger partial charge in [0, 0.05) is 17.5 Å². The number of aromatic nitrogens is 4. The van der Waals surface area contributed by atoms with Gasteiger partial charge in [-0.25, -0.2) is 13.8 Å². The Kier molecular flexibility index (Phi) is 3.89. The molecule has 0 fully saturated rings. The maximum atomic E-state index is 14.2. The second-order valence-electron chi connectivity index (χ2n) is 6.36. The number of thiazole rings is 1. The van der Waals surface area contributed by atoms with Gasteiger partial charge in [0.25, 0.3) is 0 Å². The molecule has 1 aliphatic rings. The number of halogens is 3. The molecule has 1 aliphatic heterocycles. The van der Waals surface area contributed by atoms with Crippen molar-refractivity contribution in [2.24, 2.45) is 0 Å². The third kappa shape index (κ3) is 2.62. The van der Waals surface area contributed by atoms with Crippen molar-refractivity contribution in [1.29, 1.82) is 0 Å². The molecule has 136 valence electrons. The molecule has 0 saturated carbocycles. The highest BCUT2D eigenvalue weighted by molar-refractivity contribution is 7.18. The molecular weight excluding hydrogens is 384 g/mol. The Bertz CT molecular complexity index is 983. The van der Waals surface area contributed by atoms with Crippen LogP contribution in [-0.2, 0) is 5.60 Å². The molecule has 1 aromatic carbocycles. The van der Waals surface area contributed by atoms with Crippen LogP contribution in [0.3, 0.4) is 0 Å². The summed E-state index contributed by atoms with van der Waals surface area (Å²) in [5.41, 5.74) is 4.65. The van der Waals surface area contributed by atoms with Crippen LogP contribution in [0, 0.1) is 11.6 Å². The van der Waals surface area contributed by atoms with Crippen molar-refractivity contribution in [2.75, 3.05) is 5.73 Å². The van der Waals surface area contributed by atoms with Crippen molar-refractivity contribution in [1.82, 2.24) is 19.7 Å². The normalized spacial score (nSPS) is 21.8. The molecule has 3 heterocycles. The largest absolute Gasteiger partial charge is 0.473 e. The molecule has 2 aromatic heterocycles. The van der Waals surface area contributed by atoms with E-state index in [1.54, 1.807) is 13.1 Å².